The van der Waals surface area contributed by atoms with Gasteiger partial charge in [0, 0.05) is 0 Å². The van der Waals surface area contributed by atoms with Gasteiger partial charge < -0.3 is 9.47 Å². The third kappa shape index (κ3) is 2.82. The Bertz CT molecular complexity index is 676. The quantitative estimate of drug-likeness (QED) is 0.794. The first kappa shape index (κ1) is 13.8. The molecule has 1 aliphatic heterocycles. The van der Waals surface area contributed by atoms with Crippen LogP contribution in [0.5, 0.6) is 11.5 Å². The highest BCUT2D eigenvalue weighted by Crippen LogP contribution is 2.31. The van der Waals surface area contributed by atoms with Crippen molar-refractivity contribution in [2.24, 2.45) is 0 Å². The van der Waals surface area contributed by atoms with Crippen LogP contribution in [0.15, 0.2) is 35.2 Å². The van der Waals surface area contributed by atoms with E-state index in [2.05, 4.69) is 25.9 Å². The Morgan fingerprint density at radius 3 is 2.86 bits per heavy atom. The molecule has 0 fully saturated rings. The maximum absolute atomic E-state index is 12.1. The molecule has 108 valence electrons. The van der Waals surface area contributed by atoms with E-state index in [1.807, 2.05) is 24.3 Å². The van der Waals surface area contributed by atoms with Gasteiger partial charge in [0.15, 0.2) is 22.9 Å². The number of carbonyl (C=O) groups excluding carboxylic acids is 1. The van der Waals surface area contributed by atoms with Crippen LogP contribution in [-0.4, -0.2) is 29.6 Å². The minimum Gasteiger partial charge on any atom is -0.497 e. The first-order chi connectivity index (χ1) is 10.2. The van der Waals surface area contributed by atoms with Crippen LogP contribution in [0.3, 0.4) is 0 Å². The van der Waals surface area contributed by atoms with Crippen LogP contribution in [0.25, 0.3) is 0 Å². The van der Waals surface area contributed by atoms with Gasteiger partial charge >= 0.3 is 0 Å². The van der Waals surface area contributed by atoms with Gasteiger partial charge in [-0.15, -0.1) is 0 Å². The summed E-state index contributed by atoms with van der Waals surface area (Å²) in [7, 11) is 1.62. The van der Waals surface area contributed by atoms with E-state index in [0.717, 1.165) is 11.3 Å². The molecule has 21 heavy (non-hydrogen) atoms. The molecule has 0 aliphatic carbocycles. The van der Waals surface area contributed by atoms with Crippen LogP contribution in [0.4, 0.5) is 5.82 Å². The van der Waals surface area contributed by atoms with Gasteiger partial charge in [0.05, 0.1) is 19.9 Å². The third-order valence-corrected chi connectivity index (χ3v) is 3.50. The normalized spacial score (nSPS) is 13.6. The van der Waals surface area contributed by atoms with E-state index in [1.54, 1.807) is 18.2 Å². The molecule has 0 bridgehead atoms. The van der Waals surface area contributed by atoms with Gasteiger partial charge in [0.2, 0.25) is 0 Å². The molecular formula is C14H12BrN3O3. The number of anilines is 1. The van der Waals surface area contributed by atoms with Crippen LogP contribution in [0, 0.1) is 0 Å². The summed E-state index contributed by atoms with van der Waals surface area (Å²) in [6, 6.07) is 7.54. The number of halogens is 1. The Balaban J connectivity index is 1.90. The zero-order valence-corrected chi connectivity index (χ0v) is 12.8. The number of hydrogen-bond donors (Lipinski definition) is 0. The Morgan fingerprint density at radius 2 is 2.14 bits per heavy atom. The lowest BCUT2D eigenvalue weighted by Crippen LogP contribution is -2.39. The van der Waals surface area contributed by atoms with E-state index in [1.165, 1.54) is 0 Å². The van der Waals surface area contributed by atoms with Gasteiger partial charge in [0.1, 0.15) is 5.75 Å². The van der Waals surface area contributed by atoms with Crippen LogP contribution in [0.2, 0.25) is 0 Å². The molecule has 1 aromatic carbocycles. The number of carbonyl (C=O) groups is 1. The summed E-state index contributed by atoms with van der Waals surface area (Å²) in [6.07, 6.45) is 1.56. The van der Waals surface area contributed by atoms with Crippen molar-refractivity contribution in [2.45, 2.75) is 6.54 Å². The average molecular weight is 350 g/mol. The first-order valence-corrected chi connectivity index (χ1v) is 7.05. The van der Waals surface area contributed by atoms with Gasteiger partial charge in [-0.1, -0.05) is 12.1 Å². The van der Waals surface area contributed by atoms with Crippen molar-refractivity contribution >= 4 is 27.7 Å². The molecule has 2 aromatic rings. The van der Waals surface area contributed by atoms with Crippen molar-refractivity contribution in [1.29, 1.82) is 0 Å². The molecule has 2 heterocycles. The number of fused-ring (bicyclic) bond motifs is 1. The second-order valence-electron chi connectivity index (χ2n) is 4.44. The average Bonchev–Trinajstić information content (AvgIpc) is 2.51. The van der Waals surface area contributed by atoms with Crippen LogP contribution in [-0.2, 0) is 11.3 Å². The summed E-state index contributed by atoms with van der Waals surface area (Å²) in [5.74, 6) is 1.62. The molecule has 6 nitrogen and oxygen atoms in total. The highest BCUT2D eigenvalue weighted by Gasteiger charge is 2.27. The molecule has 0 spiro atoms. The molecule has 1 amide bonds. The molecule has 0 atom stereocenters. The van der Waals surface area contributed by atoms with E-state index < -0.39 is 0 Å². The minimum absolute atomic E-state index is 0.00581. The number of amides is 1. The van der Waals surface area contributed by atoms with E-state index in [0.29, 0.717) is 22.8 Å². The van der Waals surface area contributed by atoms with Gasteiger partial charge in [-0.25, -0.2) is 9.97 Å². The smallest absolute Gasteiger partial charge is 0.266 e. The number of methoxy groups -OCH3 is 1. The van der Waals surface area contributed by atoms with Gasteiger partial charge in [-0.05, 0) is 33.6 Å². The lowest BCUT2D eigenvalue weighted by atomic mass is 10.2. The minimum atomic E-state index is -0.135. The summed E-state index contributed by atoms with van der Waals surface area (Å²) in [5, 5.41) is 0. The third-order valence-electron chi connectivity index (χ3n) is 3.11. The molecule has 1 aliphatic rings. The number of aromatic nitrogens is 2. The van der Waals surface area contributed by atoms with Crippen molar-refractivity contribution in [2.75, 3.05) is 18.6 Å². The lowest BCUT2D eigenvalue weighted by Gasteiger charge is -2.28. The van der Waals surface area contributed by atoms with Crippen molar-refractivity contribution < 1.29 is 14.3 Å². The monoisotopic (exact) mass is 349 g/mol. The zero-order valence-electron chi connectivity index (χ0n) is 11.2. The van der Waals surface area contributed by atoms with E-state index >= 15 is 0 Å². The number of nitrogens with zero attached hydrogens (tertiary/aromatic N) is 3. The standard InChI is InChI=1S/C14H12BrN3O3/c1-20-10-4-2-9(3-5-10)7-18-12(19)8-21-11-6-16-14(15)17-13(11)18/h2-6H,7-8H2,1H3. The van der Waals surface area contributed by atoms with E-state index in [9.17, 15) is 4.79 Å². The Morgan fingerprint density at radius 1 is 1.38 bits per heavy atom. The Labute approximate surface area is 129 Å². The second kappa shape index (κ2) is 5.69. The molecule has 3 rings (SSSR count). The fraction of sp³-hybridized carbons (Fsp3) is 0.214. The van der Waals surface area contributed by atoms with Crippen molar-refractivity contribution in [3.63, 3.8) is 0 Å². The second-order valence-corrected chi connectivity index (χ2v) is 5.15. The van der Waals surface area contributed by atoms with E-state index in [4.69, 9.17) is 9.47 Å². The summed E-state index contributed by atoms with van der Waals surface area (Å²) in [6.45, 7) is 0.413. The van der Waals surface area contributed by atoms with Gasteiger partial charge in [-0.3, -0.25) is 9.69 Å². The highest BCUT2D eigenvalue weighted by molar-refractivity contribution is 9.10. The first-order valence-electron chi connectivity index (χ1n) is 6.26. The largest absolute Gasteiger partial charge is 0.497 e. The zero-order chi connectivity index (χ0) is 14.8. The highest BCUT2D eigenvalue weighted by atomic mass is 79.9. The molecule has 7 heteroatoms. The summed E-state index contributed by atoms with van der Waals surface area (Å²) in [5.41, 5.74) is 0.978. The Hall–Kier alpha value is -2.15. The molecule has 0 unspecified atom stereocenters. The molecule has 0 saturated heterocycles. The Kier molecular flexibility index (Phi) is 3.74. The van der Waals surface area contributed by atoms with Crippen LogP contribution < -0.4 is 14.4 Å². The topological polar surface area (TPSA) is 64.5 Å². The fourth-order valence-electron chi connectivity index (χ4n) is 2.05. The SMILES string of the molecule is COc1ccc(CN2C(=O)COc3cnc(Br)nc32)cc1. The summed E-state index contributed by atoms with van der Waals surface area (Å²) >= 11 is 3.21. The van der Waals surface area contributed by atoms with Crippen molar-refractivity contribution in [3.05, 3.63) is 40.8 Å². The van der Waals surface area contributed by atoms with Crippen molar-refractivity contribution in [1.82, 2.24) is 9.97 Å². The molecule has 0 N–H and O–H groups in total. The fourth-order valence-corrected chi connectivity index (χ4v) is 2.32. The van der Waals surface area contributed by atoms with Gasteiger partial charge in [0.25, 0.3) is 5.91 Å². The van der Waals surface area contributed by atoms with E-state index in [-0.39, 0.29) is 12.5 Å². The summed E-state index contributed by atoms with van der Waals surface area (Å²) in [4.78, 5) is 21.9. The van der Waals surface area contributed by atoms with Gasteiger partial charge in [-0.2, -0.15) is 0 Å². The number of benzene rings is 1. The number of ether oxygens (including phenoxy) is 2. The van der Waals surface area contributed by atoms with Crippen LogP contribution in [0.1, 0.15) is 5.56 Å². The van der Waals surface area contributed by atoms with Crippen LogP contribution >= 0.6 is 15.9 Å². The number of hydrogen-bond acceptors (Lipinski definition) is 5. The maximum atomic E-state index is 12.1. The molecule has 1 aromatic heterocycles. The molecule has 0 radical (unpaired) electrons. The lowest BCUT2D eigenvalue weighted by molar-refractivity contribution is -0.121. The predicted molar refractivity (Wildman–Crippen MR) is 79.4 cm³/mol. The predicted octanol–water partition coefficient (Wildman–Crippen LogP) is 2.17. The number of rotatable bonds is 3. The molecular weight excluding hydrogens is 338 g/mol. The summed E-state index contributed by atoms with van der Waals surface area (Å²) < 4.78 is 10.9. The molecule has 0 saturated carbocycles. The maximum Gasteiger partial charge on any atom is 0.266 e. The van der Waals surface area contributed by atoms with Crippen molar-refractivity contribution in [3.8, 4) is 11.5 Å².